The number of aromatic nitrogens is 3. The number of nitrogens with two attached hydrogens (primary N) is 1. The molecule has 7 nitrogen and oxygen atoms in total. The summed E-state index contributed by atoms with van der Waals surface area (Å²) < 4.78 is 7.04. The topological polar surface area (TPSA) is 103 Å². The van der Waals surface area contributed by atoms with Crippen molar-refractivity contribution in [2.75, 3.05) is 7.11 Å². The lowest BCUT2D eigenvalue weighted by Crippen LogP contribution is -2.16. The molecule has 0 bridgehead atoms. The van der Waals surface area contributed by atoms with Crippen molar-refractivity contribution in [1.29, 1.82) is 0 Å². The average molecular weight is 340 g/mol. The predicted molar refractivity (Wildman–Crippen MR) is 95.1 cm³/mol. The number of H-pyrrole nitrogens is 1. The Labute approximate surface area is 144 Å². The van der Waals surface area contributed by atoms with Crippen molar-refractivity contribution in [3.8, 4) is 5.75 Å². The van der Waals surface area contributed by atoms with E-state index in [4.69, 9.17) is 10.5 Å². The van der Waals surface area contributed by atoms with Gasteiger partial charge in [-0.25, -0.2) is 0 Å². The Balaban J connectivity index is 2.17. The highest BCUT2D eigenvalue weighted by atomic mass is 16.5. The van der Waals surface area contributed by atoms with Crippen molar-refractivity contribution >= 4 is 16.8 Å². The van der Waals surface area contributed by atoms with Crippen LogP contribution in [0.15, 0.2) is 23.0 Å². The summed E-state index contributed by atoms with van der Waals surface area (Å²) in [6.45, 7) is 3.63. The number of hydrogen-bond donors (Lipinski definition) is 2. The summed E-state index contributed by atoms with van der Waals surface area (Å²) in [7, 11) is 3.33. The Kier molecular flexibility index (Phi) is 4.08. The molecule has 2 aromatic heterocycles. The van der Waals surface area contributed by atoms with E-state index in [0.29, 0.717) is 23.3 Å². The number of amides is 1. The Morgan fingerprint density at radius 3 is 2.68 bits per heavy atom. The van der Waals surface area contributed by atoms with Gasteiger partial charge in [-0.05, 0) is 37.6 Å². The number of nitrogens with zero attached hydrogens (tertiary/aromatic N) is 2. The van der Waals surface area contributed by atoms with Crippen LogP contribution in [0.2, 0.25) is 0 Å². The fourth-order valence-electron chi connectivity index (χ4n) is 3.08. The van der Waals surface area contributed by atoms with Crippen molar-refractivity contribution in [2.24, 2.45) is 12.8 Å². The minimum absolute atomic E-state index is 0.193. The van der Waals surface area contributed by atoms with E-state index < -0.39 is 5.91 Å². The molecule has 0 spiro atoms. The van der Waals surface area contributed by atoms with Gasteiger partial charge in [-0.2, -0.15) is 5.10 Å². The molecule has 0 aliphatic rings. The molecule has 0 aliphatic carbocycles. The molecule has 0 saturated carbocycles. The summed E-state index contributed by atoms with van der Waals surface area (Å²) in [5.74, 6) is 0.0596. The van der Waals surface area contributed by atoms with E-state index in [9.17, 15) is 9.59 Å². The zero-order valence-electron chi connectivity index (χ0n) is 14.6. The van der Waals surface area contributed by atoms with Gasteiger partial charge in [0.1, 0.15) is 5.75 Å². The summed E-state index contributed by atoms with van der Waals surface area (Å²) in [4.78, 5) is 26.7. The maximum Gasteiger partial charge on any atom is 0.255 e. The van der Waals surface area contributed by atoms with E-state index in [1.54, 1.807) is 30.8 Å². The van der Waals surface area contributed by atoms with Crippen LogP contribution in [0.25, 0.3) is 10.9 Å². The van der Waals surface area contributed by atoms with Crippen LogP contribution in [0, 0.1) is 13.8 Å². The number of aromatic amines is 1. The first kappa shape index (κ1) is 16.8. The van der Waals surface area contributed by atoms with Crippen molar-refractivity contribution in [1.82, 2.24) is 14.8 Å². The maximum absolute atomic E-state index is 12.3. The predicted octanol–water partition coefficient (Wildman–Crippen LogP) is 1.58. The van der Waals surface area contributed by atoms with Crippen LogP contribution in [0.3, 0.4) is 0 Å². The summed E-state index contributed by atoms with van der Waals surface area (Å²) in [6, 6.07) is 5.41. The zero-order chi connectivity index (χ0) is 18.3. The number of ether oxygens (including phenoxy) is 1. The fraction of sp³-hybridized carbons (Fsp3) is 0.278. The quantitative estimate of drug-likeness (QED) is 0.752. The SMILES string of the molecule is COc1cc(C)[nH]c(=O)c1Cc1nn(C)c2cc(C(N)=O)c(C)cc12. The van der Waals surface area contributed by atoms with Gasteiger partial charge >= 0.3 is 0 Å². The Bertz CT molecular complexity index is 1050. The molecule has 0 unspecified atom stereocenters. The standard InChI is InChI=1S/C18H20N4O3/c1-9-5-12-14(21-22(3)15(12)8-11(9)17(19)23)7-13-16(25-4)6-10(2)20-18(13)24/h5-6,8H,7H2,1-4H3,(H2,19,23)(H,20,24). The molecular formula is C18H20N4O3. The normalized spacial score (nSPS) is 11.0. The minimum atomic E-state index is -0.473. The highest BCUT2D eigenvalue weighted by Gasteiger charge is 2.17. The number of rotatable bonds is 4. The van der Waals surface area contributed by atoms with Crippen LogP contribution in [-0.2, 0) is 13.5 Å². The van der Waals surface area contributed by atoms with Gasteiger partial charge in [0.05, 0.1) is 23.9 Å². The first-order valence-corrected chi connectivity index (χ1v) is 7.84. The Morgan fingerprint density at radius 1 is 1.32 bits per heavy atom. The number of methoxy groups -OCH3 is 1. The number of aryl methyl sites for hydroxylation is 3. The maximum atomic E-state index is 12.3. The molecule has 130 valence electrons. The second-order valence-corrected chi connectivity index (χ2v) is 6.12. The van der Waals surface area contributed by atoms with E-state index in [1.807, 2.05) is 13.0 Å². The highest BCUT2D eigenvalue weighted by molar-refractivity contribution is 5.99. The van der Waals surface area contributed by atoms with E-state index in [-0.39, 0.29) is 5.56 Å². The van der Waals surface area contributed by atoms with Gasteiger partial charge in [0.25, 0.3) is 5.56 Å². The lowest BCUT2D eigenvalue weighted by molar-refractivity contribution is 0.1000. The van der Waals surface area contributed by atoms with E-state index in [2.05, 4.69) is 10.1 Å². The van der Waals surface area contributed by atoms with Crippen molar-refractivity contribution in [2.45, 2.75) is 20.3 Å². The molecule has 0 atom stereocenters. The lowest BCUT2D eigenvalue weighted by Gasteiger charge is -2.08. The summed E-state index contributed by atoms with van der Waals surface area (Å²) >= 11 is 0. The Hall–Kier alpha value is -3.09. The summed E-state index contributed by atoms with van der Waals surface area (Å²) in [5, 5.41) is 5.40. The minimum Gasteiger partial charge on any atom is -0.496 e. The molecule has 25 heavy (non-hydrogen) atoms. The van der Waals surface area contributed by atoms with Gasteiger partial charge in [-0.15, -0.1) is 0 Å². The van der Waals surface area contributed by atoms with Crippen LogP contribution >= 0.6 is 0 Å². The molecule has 0 aliphatic heterocycles. The second-order valence-electron chi connectivity index (χ2n) is 6.12. The molecule has 3 rings (SSSR count). The van der Waals surface area contributed by atoms with Crippen molar-refractivity contribution < 1.29 is 9.53 Å². The van der Waals surface area contributed by atoms with E-state index in [0.717, 1.165) is 27.9 Å². The first-order valence-electron chi connectivity index (χ1n) is 7.84. The van der Waals surface area contributed by atoms with Crippen LogP contribution < -0.4 is 16.0 Å². The summed E-state index contributed by atoms with van der Waals surface area (Å²) in [6.07, 6.45) is 0.325. The molecule has 2 heterocycles. The summed E-state index contributed by atoms with van der Waals surface area (Å²) in [5.41, 5.74) is 9.26. The van der Waals surface area contributed by atoms with Crippen LogP contribution in [0.1, 0.15) is 32.9 Å². The number of carbonyl (C=O) groups excluding carboxylic acids is 1. The average Bonchev–Trinajstić information content (AvgIpc) is 2.84. The molecule has 0 fully saturated rings. The number of pyridine rings is 1. The van der Waals surface area contributed by atoms with Crippen molar-refractivity contribution in [3.63, 3.8) is 0 Å². The molecule has 0 saturated heterocycles. The molecule has 0 radical (unpaired) electrons. The molecule has 1 amide bonds. The number of carbonyl (C=O) groups is 1. The van der Waals surface area contributed by atoms with E-state index >= 15 is 0 Å². The molecule has 1 aromatic carbocycles. The van der Waals surface area contributed by atoms with E-state index in [1.165, 1.54) is 7.11 Å². The van der Waals surface area contributed by atoms with Gasteiger partial charge in [0.2, 0.25) is 5.91 Å². The third kappa shape index (κ3) is 2.88. The lowest BCUT2D eigenvalue weighted by atomic mass is 10.0. The van der Waals surface area contributed by atoms with Gasteiger partial charge in [0.15, 0.2) is 0 Å². The molecular weight excluding hydrogens is 320 g/mol. The van der Waals surface area contributed by atoms with Gasteiger partial charge in [-0.1, -0.05) is 0 Å². The zero-order valence-corrected chi connectivity index (χ0v) is 14.6. The second kappa shape index (κ2) is 6.08. The number of nitrogens with one attached hydrogen (secondary N) is 1. The Morgan fingerprint density at radius 2 is 2.04 bits per heavy atom. The number of hydrogen-bond acceptors (Lipinski definition) is 4. The fourth-order valence-corrected chi connectivity index (χ4v) is 3.08. The monoisotopic (exact) mass is 340 g/mol. The molecule has 3 N–H and O–H groups in total. The number of primary amides is 1. The molecule has 7 heteroatoms. The third-order valence-corrected chi connectivity index (χ3v) is 4.33. The highest BCUT2D eigenvalue weighted by Crippen LogP contribution is 2.26. The number of fused-ring (bicyclic) bond motifs is 1. The van der Waals surface area contributed by atoms with Crippen LogP contribution in [0.5, 0.6) is 5.75 Å². The smallest absolute Gasteiger partial charge is 0.255 e. The van der Waals surface area contributed by atoms with Gasteiger partial charge < -0.3 is 15.5 Å². The van der Waals surface area contributed by atoms with Crippen LogP contribution in [-0.4, -0.2) is 27.8 Å². The third-order valence-electron chi connectivity index (χ3n) is 4.33. The van der Waals surface area contributed by atoms with Crippen LogP contribution in [0.4, 0.5) is 0 Å². The van der Waals surface area contributed by atoms with Crippen molar-refractivity contribution in [3.05, 3.63) is 56.6 Å². The van der Waals surface area contributed by atoms with Gasteiger partial charge in [-0.3, -0.25) is 14.3 Å². The van der Waals surface area contributed by atoms with Gasteiger partial charge in [0, 0.05) is 30.1 Å². The number of benzene rings is 1. The largest absolute Gasteiger partial charge is 0.496 e. The molecule has 3 aromatic rings. The first-order chi connectivity index (χ1) is 11.8.